The lowest BCUT2D eigenvalue weighted by Crippen LogP contribution is -2.32. The van der Waals surface area contributed by atoms with E-state index in [-0.39, 0.29) is 11.9 Å². The fourth-order valence-corrected chi connectivity index (χ4v) is 3.36. The van der Waals surface area contributed by atoms with Gasteiger partial charge >= 0.3 is 0 Å². The predicted molar refractivity (Wildman–Crippen MR) is 96.6 cm³/mol. The third kappa shape index (κ3) is 4.08. The zero-order valence-electron chi connectivity index (χ0n) is 13.7. The number of benzene rings is 2. The minimum absolute atomic E-state index is 0.00547. The SMILES string of the molecule is COc1ccc(NC(=O)CN2CCCC2c2cccc(Cl)c2)cc1. The van der Waals surface area contributed by atoms with Crippen molar-refractivity contribution in [2.24, 2.45) is 0 Å². The Labute approximate surface area is 147 Å². The summed E-state index contributed by atoms with van der Waals surface area (Å²) in [5.41, 5.74) is 1.96. The molecule has 24 heavy (non-hydrogen) atoms. The maximum absolute atomic E-state index is 12.4. The average Bonchev–Trinajstić information content (AvgIpc) is 3.03. The Hall–Kier alpha value is -2.04. The standard InChI is InChI=1S/C19H21ClN2O2/c1-24-17-9-7-16(8-10-17)21-19(23)13-22-11-3-6-18(22)14-4-2-5-15(20)12-14/h2,4-5,7-10,12,18H,3,6,11,13H2,1H3,(H,21,23). The number of amides is 1. The van der Waals surface area contributed by atoms with Gasteiger partial charge in [0.2, 0.25) is 5.91 Å². The molecule has 4 nitrogen and oxygen atoms in total. The molecule has 1 aliphatic heterocycles. The maximum atomic E-state index is 12.4. The first-order valence-electron chi connectivity index (χ1n) is 8.09. The highest BCUT2D eigenvalue weighted by Crippen LogP contribution is 2.32. The van der Waals surface area contributed by atoms with Gasteiger partial charge in [-0.25, -0.2) is 0 Å². The molecule has 126 valence electrons. The van der Waals surface area contributed by atoms with Gasteiger partial charge in [-0.3, -0.25) is 9.69 Å². The molecule has 1 heterocycles. The first kappa shape index (κ1) is 16.8. The normalized spacial score (nSPS) is 17.7. The summed E-state index contributed by atoms with van der Waals surface area (Å²) in [4.78, 5) is 14.6. The van der Waals surface area contributed by atoms with Gasteiger partial charge in [-0.15, -0.1) is 0 Å². The van der Waals surface area contributed by atoms with E-state index < -0.39 is 0 Å². The second-order valence-electron chi connectivity index (χ2n) is 5.96. The van der Waals surface area contributed by atoms with Crippen LogP contribution in [0.3, 0.4) is 0 Å². The summed E-state index contributed by atoms with van der Waals surface area (Å²) in [6, 6.07) is 15.5. The third-order valence-corrected chi connectivity index (χ3v) is 4.55. The molecular weight excluding hydrogens is 324 g/mol. The van der Waals surface area contributed by atoms with E-state index >= 15 is 0 Å². The van der Waals surface area contributed by atoms with Crippen molar-refractivity contribution in [3.63, 3.8) is 0 Å². The molecule has 1 amide bonds. The number of carbonyl (C=O) groups excluding carboxylic acids is 1. The van der Waals surface area contributed by atoms with Crippen LogP contribution in [0.4, 0.5) is 5.69 Å². The van der Waals surface area contributed by atoms with Crippen LogP contribution in [0.25, 0.3) is 0 Å². The molecule has 0 radical (unpaired) electrons. The van der Waals surface area contributed by atoms with Crippen LogP contribution in [0.1, 0.15) is 24.4 Å². The number of likely N-dealkylation sites (tertiary alicyclic amines) is 1. The molecule has 1 fully saturated rings. The average molecular weight is 345 g/mol. The van der Waals surface area contributed by atoms with Crippen molar-refractivity contribution >= 4 is 23.2 Å². The zero-order valence-corrected chi connectivity index (χ0v) is 14.4. The van der Waals surface area contributed by atoms with Gasteiger partial charge in [-0.1, -0.05) is 23.7 Å². The Kier molecular flexibility index (Phi) is 5.38. The predicted octanol–water partition coefficient (Wildman–Crippen LogP) is 4.12. The fraction of sp³-hybridized carbons (Fsp3) is 0.316. The van der Waals surface area contributed by atoms with Crippen LogP contribution in [0.5, 0.6) is 5.75 Å². The summed E-state index contributed by atoms with van der Waals surface area (Å²) < 4.78 is 5.12. The lowest BCUT2D eigenvalue weighted by atomic mass is 10.0. The molecule has 2 aromatic carbocycles. The van der Waals surface area contributed by atoms with Gasteiger partial charge in [0.05, 0.1) is 13.7 Å². The lowest BCUT2D eigenvalue weighted by Gasteiger charge is -2.24. The second kappa shape index (κ2) is 7.69. The molecule has 1 saturated heterocycles. The number of hydrogen-bond acceptors (Lipinski definition) is 3. The summed E-state index contributed by atoms with van der Waals surface area (Å²) in [7, 11) is 1.62. The Morgan fingerprint density at radius 2 is 2.08 bits per heavy atom. The van der Waals surface area contributed by atoms with E-state index in [9.17, 15) is 4.79 Å². The minimum atomic E-state index is -0.00547. The number of nitrogens with zero attached hydrogens (tertiary/aromatic N) is 1. The number of nitrogens with one attached hydrogen (secondary N) is 1. The Bertz CT molecular complexity index is 703. The molecule has 1 unspecified atom stereocenters. The van der Waals surface area contributed by atoms with Gasteiger partial charge in [0.25, 0.3) is 0 Å². The number of methoxy groups -OCH3 is 1. The highest BCUT2D eigenvalue weighted by Gasteiger charge is 2.27. The Morgan fingerprint density at radius 3 is 2.79 bits per heavy atom. The molecule has 1 aliphatic rings. The largest absolute Gasteiger partial charge is 0.497 e. The van der Waals surface area contributed by atoms with Crippen molar-refractivity contribution in [2.75, 3.05) is 25.5 Å². The number of halogens is 1. The summed E-state index contributed by atoms with van der Waals surface area (Å²) in [5.74, 6) is 0.766. The van der Waals surface area contributed by atoms with Crippen LogP contribution < -0.4 is 10.1 Å². The summed E-state index contributed by atoms with van der Waals surface area (Å²) >= 11 is 6.10. The van der Waals surface area contributed by atoms with Crippen LogP contribution in [0.15, 0.2) is 48.5 Å². The topological polar surface area (TPSA) is 41.6 Å². The monoisotopic (exact) mass is 344 g/mol. The van der Waals surface area contributed by atoms with E-state index in [0.29, 0.717) is 6.54 Å². The molecular formula is C19H21ClN2O2. The minimum Gasteiger partial charge on any atom is -0.497 e. The van der Waals surface area contributed by atoms with Crippen molar-refractivity contribution < 1.29 is 9.53 Å². The molecule has 2 aromatic rings. The van der Waals surface area contributed by atoms with E-state index in [0.717, 1.165) is 35.8 Å². The molecule has 1 atom stereocenters. The zero-order chi connectivity index (χ0) is 16.9. The lowest BCUT2D eigenvalue weighted by molar-refractivity contribution is -0.117. The van der Waals surface area contributed by atoms with Gasteiger partial charge in [0.1, 0.15) is 5.75 Å². The molecule has 1 N–H and O–H groups in total. The molecule has 0 spiro atoms. The molecule has 3 rings (SSSR count). The molecule has 0 bridgehead atoms. The van der Waals surface area contributed by atoms with Crippen LogP contribution in [0.2, 0.25) is 5.02 Å². The molecule has 0 aliphatic carbocycles. The molecule has 0 aromatic heterocycles. The smallest absolute Gasteiger partial charge is 0.238 e. The van der Waals surface area contributed by atoms with Gasteiger partial charge in [-0.2, -0.15) is 0 Å². The van der Waals surface area contributed by atoms with Crippen molar-refractivity contribution in [2.45, 2.75) is 18.9 Å². The first-order chi connectivity index (χ1) is 11.7. The molecule has 0 saturated carbocycles. The maximum Gasteiger partial charge on any atom is 0.238 e. The Morgan fingerprint density at radius 1 is 1.29 bits per heavy atom. The van der Waals surface area contributed by atoms with E-state index in [4.69, 9.17) is 16.3 Å². The van der Waals surface area contributed by atoms with Gasteiger partial charge in [0.15, 0.2) is 0 Å². The van der Waals surface area contributed by atoms with E-state index in [1.807, 2.05) is 42.5 Å². The third-order valence-electron chi connectivity index (χ3n) is 4.32. The van der Waals surface area contributed by atoms with Crippen LogP contribution in [0, 0.1) is 0 Å². The van der Waals surface area contributed by atoms with E-state index in [2.05, 4.69) is 16.3 Å². The summed E-state index contributed by atoms with van der Waals surface area (Å²) in [5, 5.41) is 3.68. The number of rotatable bonds is 5. The van der Waals surface area contributed by atoms with Crippen LogP contribution >= 0.6 is 11.6 Å². The number of hydrogen-bond donors (Lipinski definition) is 1. The van der Waals surface area contributed by atoms with Crippen molar-refractivity contribution in [3.8, 4) is 5.75 Å². The number of anilines is 1. The van der Waals surface area contributed by atoms with Crippen LogP contribution in [-0.4, -0.2) is 31.0 Å². The van der Waals surface area contributed by atoms with Gasteiger partial charge in [0, 0.05) is 16.8 Å². The van der Waals surface area contributed by atoms with Gasteiger partial charge < -0.3 is 10.1 Å². The summed E-state index contributed by atoms with van der Waals surface area (Å²) in [6.07, 6.45) is 2.14. The number of carbonyl (C=O) groups is 1. The van der Waals surface area contributed by atoms with E-state index in [1.54, 1.807) is 7.11 Å². The second-order valence-corrected chi connectivity index (χ2v) is 6.40. The fourth-order valence-electron chi connectivity index (χ4n) is 3.17. The Balaban J connectivity index is 1.62. The van der Waals surface area contributed by atoms with Crippen LogP contribution in [-0.2, 0) is 4.79 Å². The van der Waals surface area contributed by atoms with Gasteiger partial charge in [-0.05, 0) is 61.3 Å². The molecule has 5 heteroatoms. The first-order valence-corrected chi connectivity index (χ1v) is 8.47. The van der Waals surface area contributed by atoms with Crippen molar-refractivity contribution in [1.82, 2.24) is 4.90 Å². The highest BCUT2D eigenvalue weighted by molar-refractivity contribution is 6.30. The quantitative estimate of drug-likeness (QED) is 0.887. The highest BCUT2D eigenvalue weighted by atomic mass is 35.5. The van der Waals surface area contributed by atoms with Crippen molar-refractivity contribution in [1.29, 1.82) is 0 Å². The number of ether oxygens (including phenoxy) is 1. The van der Waals surface area contributed by atoms with Crippen molar-refractivity contribution in [3.05, 3.63) is 59.1 Å². The van der Waals surface area contributed by atoms with E-state index in [1.165, 1.54) is 5.56 Å². The summed E-state index contributed by atoms with van der Waals surface area (Å²) in [6.45, 7) is 1.30.